The van der Waals surface area contributed by atoms with Gasteiger partial charge in [0.15, 0.2) is 0 Å². The van der Waals surface area contributed by atoms with Crippen LogP contribution in [0.25, 0.3) is 0 Å². The molecule has 0 radical (unpaired) electrons. The molecule has 3 unspecified atom stereocenters. The van der Waals surface area contributed by atoms with Gasteiger partial charge in [-0.15, -0.1) is 0 Å². The van der Waals surface area contributed by atoms with Gasteiger partial charge < -0.3 is 4.90 Å². The van der Waals surface area contributed by atoms with Crippen molar-refractivity contribution in [2.45, 2.75) is 13.8 Å². The minimum absolute atomic E-state index is 0.0401. The second kappa shape index (κ2) is 5.09. The third-order valence-corrected chi connectivity index (χ3v) is 4.86. The molecule has 2 amide bonds. The number of amides is 2. The van der Waals surface area contributed by atoms with Crippen LogP contribution >= 0.6 is 0 Å². The van der Waals surface area contributed by atoms with Crippen molar-refractivity contribution < 1.29 is 9.59 Å². The Morgan fingerprint density at radius 3 is 2.10 bits per heavy atom. The van der Waals surface area contributed by atoms with Crippen LogP contribution in [0.2, 0.25) is 0 Å². The topological polar surface area (TPSA) is 40.6 Å². The van der Waals surface area contributed by atoms with Gasteiger partial charge in [0, 0.05) is 24.9 Å². The smallest absolute Gasteiger partial charge is 0.234 e. The molecule has 1 saturated heterocycles. The summed E-state index contributed by atoms with van der Waals surface area (Å²) in [4.78, 5) is 28.8. The van der Waals surface area contributed by atoms with Crippen molar-refractivity contribution >= 4 is 11.8 Å². The van der Waals surface area contributed by atoms with Crippen LogP contribution in [-0.2, 0) is 9.59 Å². The fourth-order valence-corrected chi connectivity index (χ4v) is 4.00. The van der Waals surface area contributed by atoms with Gasteiger partial charge in [-0.2, -0.15) is 0 Å². The predicted octanol–water partition coefficient (Wildman–Crippen LogP) is 1.55. The summed E-state index contributed by atoms with van der Waals surface area (Å²) < 4.78 is 0. The van der Waals surface area contributed by atoms with Crippen LogP contribution in [0.3, 0.4) is 0 Å². The molecule has 2 bridgehead atoms. The van der Waals surface area contributed by atoms with Gasteiger partial charge in [-0.25, -0.2) is 0 Å². The highest BCUT2D eigenvalue weighted by Gasteiger charge is 2.61. The van der Waals surface area contributed by atoms with E-state index in [4.69, 9.17) is 0 Å². The van der Waals surface area contributed by atoms with Crippen LogP contribution in [0.5, 0.6) is 0 Å². The zero-order valence-electron chi connectivity index (χ0n) is 13.2. The second-order valence-corrected chi connectivity index (χ2v) is 7.03. The average molecular weight is 288 g/mol. The van der Waals surface area contributed by atoms with E-state index in [9.17, 15) is 9.59 Å². The summed E-state index contributed by atoms with van der Waals surface area (Å²) >= 11 is 0. The lowest BCUT2D eigenvalue weighted by molar-refractivity contribution is -0.140. The predicted molar refractivity (Wildman–Crippen MR) is 81.3 cm³/mol. The van der Waals surface area contributed by atoms with Crippen molar-refractivity contribution in [3.63, 3.8) is 0 Å². The number of likely N-dealkylation sites (tertiary alicyclic amines) is 1. The Bertz CT molecular complexity index is 499. The summed E-state index contributed by atoms with van der Waals surface area (Å²) in [7, 11) is 3.92. The van der Waals surface area contributed by atoms with Gasteiger partial charge in [-0.1, -0.05) is 37.6 Å². The molecule has 4 nitrogen and oxygen atoms in total. The highest BCUT2D eigenvalue weighted by molar-refractivity contribution is 6.07. The third-order valence-electron chi connectivity index (χ3n) is 4.86. The van der Waals surface area contributed by atoms with Gasteiger partial charge in [-0.05, 0) is 20.0 Å². The number of carbonyl (C=O) groups is 2. The Kier molecular flexibility index (Phi) is 3.52. The first-order chi connectivity index (χ1) is 9.91. The number of rotatable bonds is 4. The lowest BCUT2D eigenvalue weighted by Gasteiger charge is -2.20. The largest absolute Gasteiger partial charge is 0.308 e. The normalized spacial score (nSPS) is 35.9. The number of fused-ring (bicyclic) bond motifs is 5. The summed E-state index contributed by atoms with van der Waals surface area (Å²) in [6, 6.07) is 0. The number of hydrogen-bond acceptors (Lipinski definition) is 3. The first kappa shape index (κ1) is 14.5. The first-order valence-corrected chi connectivity index (χ1v) is 7.81. The number of carbonyl (C=O) groups excluding carboxylic acids is 2. The van der Waals surface area contributed by atoms with Crippen LogP contribution in [0.4, 0.5) is 0 Å². The fraction of sp³-hybridized carbons (Fsp3) is 0.647. The standard InChI is InChI=1S/C17H24N2O2/c1-10(2)9-13-11-5-6-12(13)15-14(11)16(20)19(17(15)21)8-7-18(3)4/h5-6,9-12,14-15H,7-8H2,1-4H3/t11?,12?,14-,15?/m1/s1. The Morgan fingerprint density at radius 1 is 1.14 bits per heavy atom. The van der Waals surface area contributed by atoms with E-state index in [1.54, 1.807) is 0 Å². The molecule has 2 aliphatic carbocycles. The van der Waals surface area contributed by atoms with E-state index in [-0.39, 0.29) is 35.5 Å². The molecule has 1 saturated carbocycles. The van der Waals surface area contributed by atoms with E-state index in [0.717, 1.165) is 6.54 Å². The molecule has 0 aromatic heterocycles. The highest BCUT2D eigenvalue weighted by Crippen LogP contribution is 2.55. The monoisotopic (exact) mass is 288 g/mol. The van der Waals surface area contributed by atoms with Gasteiger partial charge in [0.25, 0.3) is 0 Å². The van der Waals surface area contributed by atoms with Crippen LogP contribution in [-0.4, -0.2) is 48.8 Å². The molecule has 2 fully saturated rings. The average Bonchev–Trinajstić information content (AvgIpc) is 2.99. The van der Waals surface area contributed by atoms with E-state index in [1.807, 2.05) is 19.0 Å². The van der Waals surface area contributed by atoms with Crippen molar-refractivity contribution in [3.8, 4) is 0 Å². The highest BCUT2D eigenvalue weighted by atomic mass is 16.2. The van der Waals surface area contributed by atoms with Gasteiger partial charge in [-0.3, -0.25) is 14.5 Å². The second-order valence-electron chi connectivity index (χ2n) is 7.03. The first-order valence-electron chi connectivity index (χ1n) is 7.81. The van der Waals surface area contributed by atoms with Gasteiger partial charge in [0.1, 0.15) is 0 Å². The molecule has 21 heavy (non-hydrogen) atoms. The quantitative estimate of drug-likeness (QED) is 0.582. The maximum absolute atomic E-state index is 12.7. The Labute approximate surface area is 126 Å². The molecular weight excluding hydrogens is 264 g/mol. The number of hydrogen-bond donors (Lipinski definition) is 0. The maximum Gasteiger partial charge on any atom is 0.234 e. The Balaban J connectivity index is 1.84. The van der Waals surface area contributed by atoms with Crippen LogP contribution in [0.15, 0.2) is 23.8 Å². The van der Waals surface area contributed by atoms with E-state index in [2.05, 4.69) is 32.1 Å². The van der Waals surface area contributed by atoms with Crippen molar-refractivity contribution in [1.29, 1.82) is 0 Å². The number of allylic oxidation sites excluding steroid dienone is 4. The summed E-state index contributed by atoms with van der Waals surface area (Å²) in [6.07, 6.45) is 6.53. The minimum atomic E-state index is -0.139. The summed E-state index contributed by atoms with van der Waals surface area (Å²) in [5.41, 5.74) is 1.30. The molecule has 0 aromatic carbocycles. The molecule has 0 aromatic rings. The summed E-state index contributed by atoms with van der Waals surface area (Å²) in [5.74, 6) is 0.571. The lowest BCUT2D eigenvalue weighted by Crippen LogP contribution is -2.38. The molecule has 0 N–H and O–H groups in total. The van der Waals surface area contributed by atoms with Crippen molar-refractivity contribution in [3.05, 3.63) is 23.8 Å². The zero-order chi connectivity index (χ0) is 15.3. The Hall–Kier alpha value is -1.42. The van der Waals surface area contributed by atoms with E-state index in [1.165, 1.54) is 10.5 Å². The SMILES string of the molecule is CC(C)C=C1C2C=CC1[C@H]1C(=O)N(CCN(C)C)C(=O)C21. The van der Waals surface area contributed by atoms with Crippen molar-refractivity contribution in [2.24, 2.45) is 29.6 Å². The summed E-state index contributed by atoms with van der Waals surface area (Å²) in [6.45, 7) is 5.54. The molecule has 1 aliphatic heterocycles. The third kappa shape index (κ3) is 2.16. The van der Waals surface area contributed by atoms with Gasteiger partial charge >= 0.3 is 0 Å². The van der Waals surface area contributed by atoms with Gasteiger partial charge in [0.2, 0.25) is 11.8 Å². The molecule has 0 spiro atoms. The molecule has 3 rings (SSSR count). The summed E-state index contributed by atoms with van der Waals surface area (Å²) in [5, 5.41) is 0. The maximum atomic E-state index is 12.7. The number of imide groups is 1. The fourth-order valence-electron chi connectivity index (χ4n) is 4.00. The number of nitrogens with zero attached hydrogens (tertiary/aromatic N) is 2. The van der Waals surface area contributed by atoms with Crippen molar-refractivity contribution in [2.75, 3.05) is 27.2 Å². The van der Waals surface area contributed by atoms with Crippen molar-refractivity contribution in [1.82, 2.24) is 9.80 Å². The van der Waals surface area contributed by atoms with Crippen LogP contribution in [0.1, 0.15) is 13.8 Å². The van der Waals surface area contributed by atoms with E-state index < -0.39 is 0 Å². The molecular formula is C17H24N2O2. The molecule has 1 heterocycles. The van der Waals surface area contributed by atoms with Gasteiger partial charge in [0.05, 0.1) is 11.8 Å². The van der Waals surface area contributed by atoms with E-state index >= 15 is 0 Å². The van der Waals surface area contributed by atoms with E-state index in [0.29, 0.717) is 12.5 Å². The minimum Gasteiger partial charge on any atom is -0.308 e. The van der Waals surface area contributed by atoms with Crippen LogP contribution < -0.4 is 0 Å². The molecule has 4 heteroatoms. The number of likely N-dealkylation sites (N-methyl/N-ethyl adjacent to an activating group) is 1. The molecule has 3 aliphatic rings. The zero-order valence-corrected chi connectivity index (χ0v) is 13.2. The molecule has 4 atom stereocenters. The molecule has 114 valence electrons. The van der Waals surface area contributed by atoms with Crippen LogP contribution in [0, 0.1) is 29.6 Å². The Morgan fingerprint density at radius 2 is 1.67 bits per heavy atom. The lowest BCUT2D eigenvalue weighted by atomic mass is 9.85.